The molecule has 0 bridgehead atoms. The lowest BCUT2D eigenvalue weighted by Crippen LogP contribution is -2.04. The summed E-state index contributed by atoms with van der Waals surface area (Å²) in [5, 5.41) is 1.92. The maximum Gasteiger partial charge on any atom is 0.165 e. The van der Waals surface area contributed by atoms with Gasteiger partial charge in [0, 0.05) is 22.9 Å². The molecular formula is C7H7NOS. The van der Waals surface area contributed by atoms with Gasteiger partial charge in [-0.15, -0.1) is 11.3 Å². The number of carbonyl (C=O) groups excluding carboxylic acids is 1. The molecule has 0 radical (unpaired) electrons. The molecule has 0 saturated heterocycles. The highest BCUT2D eigenvalue weighted by molar-refractivity contribution is 7.10. The van der Waals surface area contributed by atoms with Crippen LogP contribution < -0.4 is 5.73 Å². The smallest absolute Gasteiger partial charge is 0.165 e. The number of Topliss-reactive ketones (excluding diaryl/α,β-unsaturated/α-hetero) is 1. The van der Waals surface area contributed by atoms with Gasteiger partial charge in [0.2, 0.25) is 0 Å². The third-order valence-corrected chi connectivity index (χ3v) is 2.79. The highest BCUT2D eigenvalue weighted by Crippen LogP contribution is 2.33. The van der Waals surface area contributed by atoms with E-state index in [1.165, 1.54) is 0 Å². The van der Waals surface area contributed by atoms with Gasteiger partial charge in [-0.05, 0) is 11.4 Å². The van der Waals surface area contributed by atoms with Gasteiger partial charge < -0.3 is 5.73 Å². The van der Waals surface area contributed by atoms with E-state index in [0.29, 0.717) is 6.42 Å². The van der Waals surface area contributed by atoms with Crippen molar-refractivity contribution in [3.8, 4) is 0 Å². The van der Waals surface area contributed by atoms with Crippen molar-refractivity contribution in [2.45, 2.75) is 12.5 Å². The van der Waals surface area contributed by atoms with Crippen LogP contribution in [0.3, 0.4) is 0 Å². The van der Waals surface area contributed by atoms with Crippen LogP contribution in [0, 0.1) is 0 Å². The predicted molar refractivity (Wildman–Crippen MR) is 40.2 cm³/mol. The van der Waals surface area contributed by atoms with Gasteiger partial charge in [-0.3, -0.25) is 4.79 Å². The first kappa shape index (κ1) is 6.07. The highest BCUT2D eigenvalue weighted by atomic mass is 32.1. The molecule has 2 nitrogen and oxygen atoms in total. The molecule has 2 N–H and O–H groups in total. The quantitative estimate of drug-likeness (QED) is 0.611. The van der Waals surface area contributed by atoms with Crippen molar-refractivity contribution in [2.24, 2.45) is 5.73 Å². The first-order valence-electron chi connectivity index (χ1n) is 3.15. The summed E-state index contributed by atoms with van der Waals surface area (Å²) >= 11 is 1.58. The molecule has 2 rings (SSSR count). The van der Waals surface area contributed by atoms with E-state index in [9.17, 15) is 4.79 Å². The van der Waals surface area contributed by atoms with Gasteiger partial charge >= 0.3 is 0 Å². The van der Waals surface area contributed by atoms with Crippen LogP contribution in [0.5, 0.6) is 0 Å². The standard InChI is InChI=1S/C7H7NOS/c8-5-3-6(9)4-1-2-10-7(4)5/h1-2,5H,3,8H2/t5-/m0/s1. The molecule has 0 unspecified atom stereocenters. The van der Waals surface area contributed by atoms with E-state index >= 15 is 0 Å². The second-order valence-electron chi connectivity index (χ2n) is 2.43. The molecule has 0 saturated carbocycles. The Bertz CT molecular complexity index is 279. The zero-order valence-electron chi connectivity index (χ0n) is 5.33. The molecule has 1 aliphatic rings. The maximum absolute atomic E-state index is 11.1. The van der Waals surface area contributed by atoms with Gasteiger partial charge in [0.25, 0.3) is 0 Å². The molecule has 1 aromatic rings. The van der Waals surface area contributed by atoms with Crippen molar-refractivity contribution < 1.29 is 4.79 Å². The summed E-state index contributed by atoms with van der Waals surface area (Å²) < 4.78 is 0. The Hall–Kier alpha value is -0.670. The lowest BCUT2D eigenvalue weighted by molar-refractivity contribution is 0.0989. The fourth-order valence-electron chi connectivity index (χ4n) is 1.24. The Morgan fingerprint density at radius 3 is 3.20 bits per heavy atom. The molecule has 1 aromatic heterocycles. The third kappa shape index (κ3) is 0.646. The Morgan fingerprint density at radius 2 is 2.50 bits per heavy atom. The number of thiophene rings is 1. The fraction of sp³-hybridized carbons (Fsp3) is 0.286. The van der Waals surface area contributed by atoms with Crippen LogP contribution in [-0.2, 0) is 0 Å². The van der Waals surface area contributed by atoms with E-state index in [0.717, 1.165) is 10.4 Å². The minimum Gasteiger partial charge on any atom is -0.323 e. The normalized spacial score (nSPS) is 23.3. The van der Waals surface area contributed by atoms with E-state index in [1.807, 2.05) is 11.4 Å². The van der Waals surface area contributed by atoms with E-state index in [1.54, 1.807) is 11.3 Å². The Balaban J connectivity index is 2.58. The van der Waals surface area contributed by atoms with Gasteiger partial charge in [-0.25, -0.2) is 0 Å². The zero-order valence-corrected chi connectivity index (χ0v) is 6.15. The summed E-state index contributed by atoms with van der Waals surface area (Å²) in [6, 6.07) is 1.83. The van der Waals surface area contributed by atoms with Gasteiger partial charge in [-0.2, -0.15) is 0 Å². The zero-order chi connectivity index (χ0) is 7.14. The molecule has 0 fully saturated rings. The van der Waals surface area contributed by atoms with Crippen molar-refractivity contribution in [1.29, 1.82) is 0 Å². The number of fused-ring (bicyclic) bond motifs is 1. The Kier molecular flexibility index (Phi) is 1.16. The van der Waals surface area contributed by atoms with Crippen molar-refractivity contribution in [3.05, 3.63) is 21.9 Å². The van der Waals surface area contributed by atoms with E-state index < -0.39 is 0 Å². The van der Waals surface area contributed by atoms with Crippen LogP contribution in [0.15, 0.2) is 11.4 Å². The molecule has 1 heterocycles. The molecular weight excluding hydrogens is 146 g/mol. The first-order chi connectivity index (χ1) is 4.79. The summed E-state index contributed by atoms with van der Waals surface area (Å²) in [5.74, 6) is 0.198. The van der Waals surface area contributed by atoms with Gasteiger partial charge in [0.15, 0.2) is 5.78 Å². The second kappa shape index (κ2) is 1.90. The lowest BCUT2D eigenvalue weighted by Gasteiger charge is -1.95. The first-order valence-corrected chi connectivity index (χ1v) is 4.03. The largest absolute Gasteiger partial charge is 0.323 e. The molecule has 52 valence electrons. The molecule has 0 amide bonds. The van der Waals surface area contributed by atoms with Crippen LogP contribution >= 0.6 is 11.3 Å². The lowest BCUT2D eigenvalue weighted by atomic mass is 10.2. The summed E-state index contributed by atoms with van der Waals surface area (Å²) in [6.07, 6.45) is 0.502. The fourth-order valence-corrected chi connectivity index (χ4v) is 2.16. The number of rotatable bonds is 0. The Morgan fingerprint density at radius 1 is 1.70 bits per heavy atom. The van der Waals surface area contributed by atoms with E-state index in [2.05, 4.69) is 0 Å². The average Bonchev–Trinajstić information content (AvgIpc) is 2.39. The molecule has 0 aliphatic heterocycles. The monoisotopic (exact) mass is 153 g/mol. The number of carbonyl (C=O) groups is 1. The van der Waals surface area contributed by atoms with Crippen molar-refractivity contribution in [2.75, 3.05) is 0 Å². The number of hydrogen-bond acceptors (Lipinski definition) is 3. The molecule has 10 heavy (non-hydrogen) atoms. The van der Waals surface area contributed by atoms with Gasteiger partial charge in [0.05, 0.1) is 0 Å². The minimum atomic E-state index is -0.0255. The number of nitrogens with two attached hydrogens (primary N) is 1. The Labute approximate surface area is 62.7 Å². The van der Waals surface area contributed by atoms with Crippen LogP contribution in [-0.4, -0.2) is 5.78 Å². The minimum absolute atomic E-state index is 0.0255. The number of hydrogen-bond donors (Lipinski definition) is 1. The van der Waals surface area contributed by atoms with Crippen molar-refractivity contribution in [1.82, 2.24) is 0 Å². The van der Waals surface area contributed by atoms with Crippen LogP contribution in [0.25, 0.3) is 0 Å². The summed E-state index contributed by atoms with van der Waals surface area (Å²) in [7, 11) is 0. The summed E-state index contributed by atoms with van der Waals surface area (Å²) in [5.41, 5.74) is 6.52. The van der Waals surface area contributed by atoms with Crippen molar-refractivity contribution >= 4 is 17.1 Å². The third-order valence-electron chi connectivity index (χ3n) is 1.74. The molecule has 3 heteroatoms. The predicted octanol–water partition coefficient (Wildman–Crippen LogP) is 1.33. The van der Waals surface area contributed by atoms with Crippen LogP contribution in [0.1, 0.15) is 27.7 Å². The molecule has 0 aromatic carbocycles. The summed E-state index contributed by atoms with van der Waals surface area (Å²) in [6.45, 7) is 0. The van der Waals surface area contributed by atoms with Crippen LogP contribution in [0.2, 0.25) is 0 Å². The maximum atomic E-state index is 11.1. The average molecular weight is 153 g/mol. The van der Waals surface area contributed by atoms with Gasteiger partial charge in [-0.1, -0.05) is 0 Å². The molecule has 0 spiro atoms. The number of ketones is 1. The van der Waals surface area contributed by atoms with Gasteiger partial charge in [0.1, 0.15) is 0 Å². The molecule has 1 atom stereocenters. The second-order valence-corrected chi connectivity index (χ2v) is 3.38. The van der Waals surface area contributed by atoms with E-state index in [-0.39, 0.29) is 11.8 Å². The highest BCUT2D eigenvalue weighted by Gasteiger charge is 2.27. The van der Waals surface area contributed by atoms with E-state index in [4.69, 9.17) is 5.73 Å². The summed E-state index contributed by atoms with van der Waals surface area (Å²) in [4.78, 5) is 12.1. The molecule has 1 aliphatic carbocycles. The topological polar surface area (TPSA) is 43.1 Å². The SMILES string of the molecule is N[C@H]1CC(=O)c2ccsc21. The van der Waals surface area contributed by atoms with Crippen LogP contribution in [0.4, 0.5) is 0 Å². The van der Waals surface area contributed by atoms with Crippen molar-refractivity contribution in [3.63, 3.8) is 0 Å².